The number of alkyl halides is 3. The Morgan fingerprint density at radius 3 is 2.38 bits per heavy atom. The van der Waals surface area contributed by atoms with E-state index in [0.29, 0.717) is 18.5 Å². The molecular formula is C27H25F5N2. The number of hydrogen-bond donors (Lipinski definition) is 1. The second-order valence-corrected chi connectivity index (χ2v) is 10.6. The number of nitrogens with zero attached hydrogens (tertiary/aromatic N) is 1. The number of aromatic amines is 1. The summed E-state index contributed by atoms with van der Waals surface area (Å²) in [7, 11) is 0. The van der Waals surface area contributed by atoms with E-state index in [2.05, 4.69) is 11.6 Å². The molecule has 178 valence electrons. The molecule has 7 rings (SSSR count). The van der Waals surface area contributed by atoms with Crippen molar-refractivity contribution in [2.24, 2.45) is 10.8 Å². The van der Waals surface area contributed by atoms with Crippen molar-refractivity contribution in [2.45, 2.75) is 50.9 Å². The minimum absolute atomic E-state index is 0.0675. The molecular weight excluding hydrogens is 447 g/mol. The molecule has 4 aliphatic rings. The maximum absolute atomic E-state index is 15.4. The van der Waals surface area contributed by atoms with E-state index in [-0.39, 0.29) is 30.9 Å². The second-order valence-electron chi connectivity index (χ2n) is 10.6. The topological polar surface area (TPSA) is 19.0 Å². The zero-order chi connectivity index (χ0) is 24.0. The first-order chi connectivity index (χ1) is 16.1. The first-order valence-electron chi connectivity index (χ1n) is 11.6. The van der Waals surface area contributed by atoms with Crippen LogP contribution in [-0.2, 0) is 6.42 Å². The monoisotopic (exact) mass is 472 g/mol. The smallest absolute Gasteiger partial charge is 0.357 e. The van der Waals surface area contributed by atoms with Crippen LogP contribution in [-0.4, -0.2) is 28.6 Å². The fourth-order valence-electron chi connectivity index (χ4n) is 6.90. The molecule has 3 aromatic rings. The van der Waals surface area contributed by atoms with E-state index in [0.717, 1.165) is 22.2 Å². The zero-order valence-corrected chi connectivity index (χ0v) is 18.8. The molecule has 2 aromatic carbocycles. The van der Waals surface area contributed by atoms with Crippen LogP contribution in [0.5, 0.6) is 0 Å². The van der Waals surface area contributed by atoms with Crippen molar-refractivity contribution in [3.05, 3.63) is 77.0 Å². The zero-order valence-electron chi connectivity index (χ0n) is 18.8. The Bertz CT molecular complexity index is 1280. The van der Waals surface area contributed by atoms with Crippen molar-refractivity contribution in [3.63, 3.8) is 0 Å². The van der Waals surface area contributed by atoms with Crippen LogP contribution in [0.15, 0.2) is 43.0 Å². The highest BCUT2D eigenvalue weighted by atomic mass is 19.4. The van der Waals surface area contributed by atoms with Crippen molar-refractivity contribution < 1.29 is 22.0 Å². The number of rotatable bonds is 4. The molecule has 0 spiro atoms. The highest BCUT2D eigenvalue weighted by Gasteiger charge is 2.78. The number of fused-ring (bicyclic) bond motifs is 3. The Kier molecular flexibility index (Phi) is 4.45. The van der Waals surface area contributed by atoms with Gasteiger partial charge in [0, 0.05) is 34.7 Å². The summed E-state index contributed by atoms with van der Waals surface area (Å²) in [6.45, 7) is 5.98. The largest absolute Gasteiger partial charge is 0.394 e. The van der Waals surface area contributed by atoms with Crippen LogP contribution >= 0.6 is 0 Å². The second kappa shape index (κ2) is 6.94. The van der Waals surface area contributed by atoms with Gasteiger partial charge in [-0.3, -0.25) is 4.90 Å². The van der Waals surface area contributed by atoms with Gasteiger partial charge < -0.3 is 4.98 Å². The van der Waals surface area contributed by atoms with Crippen LogP contribution in [0.2, 0.25) is 0 Å². The first kappa shape index (κ1) is 21.8. The predicted octanol–water partition coefficient (Wildman–Crippen LogP) is 7.16. The summed E-state index contributed by atoms with van der Waals surface area (Å²) in [5.41, 5.74) is 0.896. The first-order valence-corrected chi connectivity index (χ1v) is 11.6. The molecule has 3 fully saturated rings. The van der Waals surface area contributed by atoms with E-state index in [1.807, 2.05) is 36.1 Å². The van der Waals surface area contributed by atoms with Gasteiger partial charge in [-0.25, -0.2) is 8.78 Å². The van der Waals surface area contributed by atoms with Crippen LogP contribution in [0.1, 0.15) is 54.6 Å². The molecule has 3 aliphatic carbocycles. The molecule has 0 amide bonds. The highest BCUT2D eigenvalue weighted by molar-refractivity contribution is 5.85. The number of para-hydroxylation sites is 1. The number of benzene rings is 2. The number of nitrogens with one attached hydrogen (secondary N) is 1. The Hall–Kier alpha value is -2.67. The number of aromatic nitrogens is 1. The van der Waals surface area contributed by atoms with Gasteiger partial charge in [0.15, 0.2) is 0 Å². The summed E-state index contributed by atoms with van der Waals surface area (Å²) >= 11 is 0. The average Bonchev–Trinajstić information content (AvgIpc) is 3.07. The Morgan fingerprint density at radius 2 is 1.76 bits per heavy atom. The molecule has 2 unspecified atom stereocenters. The Labute approximate surface area is 194 Å². The van der Waals surface area contributed by atoms with Crippen LogP contribution in [0.3, 0.4) is 0 Å². The fourth-order valence-corrected chi connectivity index (χ4v) is 6.90. The lowest BCUT2D eigenvalue weighted by atomic mass is 9.34. The Balaban J connectivity index is 1.46. The van der Waals surface area contributed by atoms with Gasteiger partial charge in [0.25, 0.3) is 0 Å². The summed E-state index contributed by atoms with van der Waals surface area (Å²) in [6, 6.07) is 9.45. The van der Waals surface area contributed by atoms with E-state index >= 15 is 8.78 Å². The van der Waals surface area contributed by atoms with Gasteiger partial charge in [-0.05, 0) is 67.3 Å². The van der Waals surface area contributed by atoms with E-state index < -0.39 is 34.7 Å². The van der Waals surface area contributed by atoms with Crippen molar-refractivity contribution in [2.75, 3.05) is 6.54 Å². The number of hydrogen-bond acceptors (Lipinski definition) is 1. The lowest BCUT2D eigenvalue weighted by molar-refractivity contribution is -0.366. The van der Waals surface area contributed by atoms with Gasteiger partial charge >= 0.3 is 6.18 Å². The van der Waals surface area contributed by atoms with Crippen molar-refractivity contribution >= 4 is 17.0 Å². The molecule has 0 saturated heterocycles. The molecule has 0 radical (unpaired) electrons. The third kappa shape index (κ3) is 2.88. The van der Waals surface area contributed by atoms with Gasteiger partial charge in [-0.15, -0.1) is 0 Å². The summed E-state index contributed by atoms with van der Waals surface area (Å²) < 4.78 is 71.2. The van der Waals surface area contributed by atoms with E-state index in [1.165, 1.54) is 18.2 Å². The lowest BCUT2D eigenvalue weighted by Crippen LogP contribution is -2.71. The van der Waals surface area contributed by atoms with Crippen molar-refractivity contribution in [1.82, 2.24) is 9.88 Å². The Morgan fingerprint density at radius 1 is 1.12 bits per heavy atom. The van der Waals surface area contributed by atoms with E-state index in [9.17, 15) is 13.2 Å². The molecule has 1 aliphatic heterocycles. The van der Waals surface area contributed by atoms with Gasteiger partial charge in [-0.1, -0.05) is 30.9 Å². The van der Waals surface area contributed by atoms with E-state index in [1.54, 1.807) is 0 Å². The molecule has 1 aromatic heterocycles. The minimum atomic E-state index is -4.19. The van der Waals surface area contributed by atoms with Crippen LogP contribution in [0.25, 0.3) is 17.0 Å². The fraction of sp³-hybridized carbons (Fsp3) is 0.407. The van der Waals surface area contributed by atoms with Crippen molar-refractivity contribution in [3.8, 4) is 0 Å². The molecule has 7 heteroatoms. The third-order valence-corrected chi connectivity index (χ3v) is 8.39. The summed E-state index contributed by atoms with van der Waals surface area (Å²) in [6.07, 6.45) is -1.85. The molecule has 2 heterocycles. The maximum Gasteiger partial charge on any atom is 0.394 e. The van der Waals surface area contributed by atoms with Gasteiger partial charge in [0.2, 0.25) is 0 Å². The number of halogens is 5. The van der Waals surface area contributed by atoms with Gasteiger partial charge in [-0.2, -0.15) is 13.2 Å². The summed E-state index contributed by atoms with van der Waals surface area (Å²) in [5, 5.41) is 1.01. The van der Waals surface area contributed by atoms with Crippen molar-refractivity contribution in [1.29, 1.82) is 0 Å². The molecule has 2 nitrogen and oxygen atoms in total. The third-order valence-electron chi connectivity index (χ3n) is 8.39. The lowest BCUT2D eigenvalue weighted by Gasteiger charge is -2.72. The highest BCUT2D eigenvalue weighted by Crippen LogP contribution is 2.78. The van der Waals surface area contributed by atoms with Gasteiger partial charge in [0.05, 0.1) is 11.5 Å². The molecule has 34 heavy (non-hydrogen) atoms. The molecule has 2 bridgehead atoms. The van der Waals surface area contributed by atoms with Crippen LogP contribution < -0.4 is 0 Å². The molecule has 1 N–H and O–H groups in total. The van der Waals surface area contributed by atoms with Crippen LogP contribution in [0.4, 0.5) is 22.0 Å². The number of H-pyrrole nitrogens is 1. The maximum atomic E-state index is 15.4. The molecule has 3 saturated carbocycles. The van der Waals surface area contributed by atoms with Crippen LogP contribution in [0, 0.1) is 22.5 Å². The SMILES string of the molecule is C=Cc1cc(F)c(C2c3[nH]c4ccccc4c3CC(C)N2CC23CC(C(F)(F)F)(C2)C3)c(F)c1. The summed E-state index contributed by atoms with van der Waals surface area (Å²) in [4.78, 5) is 5.41. The predicted molar refractivity (Wildman–Crippen MR) is 121 cm³/mol. The molecule has 2 atom stereocenters. The normalized spacial score (nSPS) is 30.5. The standard InChI is InChI=1S/C27H25F5N2/c1-3-16-9-19(28)22(20(29)10-16)24-23-18(17-6-4-5-7-21(17)33-23)8-15(2)34(24)14-25-11-26(12-25,13-25)27(30,31)32/h3-7,9-10,15,24,33H,1,8,11-14H2,2H3. The summed E-state index contributed by atoms with van der Waals surface area (Å²) in [5.74, 6) is -1.35. The average molecular weight is 473 g/mol. The quantitative estimate of drug-likeness (QED) is 0.399. The minimum Gasteiger partial charge on any atom is -0.357 e. The van der Waals surface area contributed by atoms with E-state index in [4.69, 9.17) is 0 Å². The van der Waals surface area contributed by atoms with Gasteiger partial charge in [0.1, 0.15) is 11.6 Å².